The summed E-state index contributed by atoms with van der Waals surface area (Å²) in [6, 6.07) is 13.0. The Bertz CT molecular complexity index is 954. The molecule has 30 heavy (non-hydrogen) atoms. The fourth-order valence-corrected chi connectivity index (χ4v) is 3.53. The number of ketones is 1. The van der Waals surface area contributed by atoms with Crippen LogP contribution in [0.5, 0.6) is 5.75 Å². The maximum absolute atomic E-state index is 12.9. The van der Waals surface area contributed by atoms with E-state index < -0.39 is 17.7 Å². The van der Waals surface area contributed by atoms with Crippen molar-refractivity contribution in [2.75, 3.05) is 26.9 Å². The van der Waals surface area contributed by atoms with Crippen LogP contribution in [0.15, 0.2) is 54.1 Å². The molecule has 6 nitrogen and oxygen atoms in total. The van der Waals surface area contributed by atoms with Crippen molar-refractivity contribution in [3.8, 4) is 5.75 Å². The first kappa shape index (κ1) is 21.9. The van der Waals surface area contributed by atoms with E-state index in [1.807, 2.05) is 6.92 Å². The highest BCUT2D eigenvalue weighted by atomic mass is 35.5. The Hall–Kier alpha value is -2.83. The molecule has 1 N–H and O–H groups in total. The lowest BCUT2D eigenvalue weighted by Gasteiger charge is -2.25. The molecular weight excluding hydrogens is 406 g/mol. The van der Waals surface area contributed by atoms with Gasteiger partial charge in [-0.25, -0.2) is 0 Å². The number of hydrogen-bond donors (Lipinski definition) is 1. The summed E-state index contributed by atoms with van der Waals surface area (Å²) in [6.45, 7) is 3.01. The molecule has 1 amide bonds. The largest absolute Gasteiger partial charge is 0.507 e. The molecule has 3 rings (SSSR count). The first-order valence-corrected chi connectivity index (χ1v) is 10.1. The molecule has 1 aliphatic heterocycles. The molecule has 0 saturated carbocycles. The number of aliphatic hydroxyl groups is 1. The Labute approximate surface area is 180 Å². The van der Waals surface area contributed by atoms with Gasteiger partial charge in [-0.15, -0.1) is 0 Å². The van der Waals surface area contributed by atoms with Crippen molar-refractivity contribution in [2.45, 2.75) is 19.4 Å². The van der Waals surface area contributed by atoms with E-state index in [4.69, 9.17) is 21.1 Å². The van der Waals surface area contributed by atoms with E-state index in [1.165, 1.54) is 12.0 Å². The Morgan fingerprint density at radius 2 is 1.87 bits per heavy atom. The predicted octanol–water partition coefficient (Wildman–Crippen LogP) is 4.20. The van der Waals surface area contributed by atoms with Gasteiger partial charge in [0.15, 0.2) is 0 Å². The van der Waals surface area contributed by atoms with Gasteiger partial charge in [0.2, 0.25) is 0 Å². The lowest BCUT2D eigenvalue weighted by Crippen LogP contribution is -2.32. The predicted molar refractivity (Wildman–Crippen MR) is 115 cm³/mol. The summed E-state index contributed by atoms with van der Waals surface area (Å²) in [4.78, 5) is 27.0. The molecule has 158 valence electrons. The molecule has 1 aliphatic rings. The Morgan fingerprint density at radius 3 is 2.53 bits per heavy atom. The number of hydrogen-bond acceptors (Lipinski definition) is 5. The fraction of sp³-hybridized carbons (Fsp3) is 0.304. The zero-order chi connectivity index (χ0) is 21.7. The quantitative estimate of drug-likeness (QED) is 0.386. The number of carbonyl (C=O) groups excluding carboxylic acids is 2. The summed E-state index contributed by atoms with van der Waals surface area (Å²) in [7, 11) is 1.52. The summed E-state index contributed by atoms with van der Waals surface area (Å²) < 4.78 is 10.7. The van der Waals surface area contributed by atoms with Gasteiger partial charge in [0.05, 0.1) is 24.8 Å². The Morgan fingerprint density at radius 1 is 1.13 bits per heavy atom. The fourth-order valence-electron chi connectivity index (χ4n) is 3.40. The molecule has 2 aromatic carbocycles. The number of amides is 1. The van der Waals surface area contributed by atoms with Gasteiger partial charge in [-0.1, -0.05) is 42.8 Å². The Balaban J connectivity index is 2.10. The third-order valence-electron chi connectivity index (χ3n) is 4.84. The monoisotopic (exact) mass is 429 g/mol. The molecule has 2 aromatic rings. The molecule has 7 heteroatoms. The maximum Gasteiger partial charge on any atom is 0.295 e. The van der Waals surface area contributed by atoms with Crippen molar-refractivity contribution in [2.24, 2.45) is 0 Å². The zero-order valence-electron chi connectivity index (χ0n) is 16.9. The molecular formula is C23H24ClNO5. The van der Waals surface area contributed by atoms with Crippen LogP contribution in [0, 0.1) is 0 Å². The smallest absolute Gasteiger partial charge is 0.295 e. The summed E-state index contributed by atoms with van der Waals surface area (Å²) >= 11 is 6.01. The number of Topliss-reactive ketones (excluding diaryl/α,β-unsaturated/α-hetero) is 1. The van der Waals surface area contributed by atoms with Crippen LogP contribution >= 0.6 is 11.6 Å². The average Bonchev–Trinajstić information content (AvgIpc) is 3.01. The molecule has 1 atom stereocenters. The highest BCUT2D eigenvalue weighted by molar-refractivity contribution is 6.46. The topological polar surface area (TPSA) is 76.1 Å². The highest BCUT2D eigenvalue weighted by Gasteiger charge is 2.45. The van der Waals surface area contributed by atoms with Crippen molar-refractivity contribution in [1.29, 1.82) is 0 Å². The van der Waals surface area contributed by atoms with Crippen LogP contribution in [0.3, 0.4) is 0 Å². The first-order valence-electron chi connectivity index (χ1n) is 9.74. The average molecular weight is 430 g/mol. The van der Waals surface area contributed by atoms with Crippen LogP contribution < -0.4 is 4.74 Å². The second-order valence-electron chi connectivity index (χ2n) is 6.91. The molecule has 1 heterocycles. The summed E-state index contributed by atoms with van der Waals surface area (Å²) in [6.07, 6.45) is 0.845. The molecule has 1 saturated heterocycles. The molecule has 0 spiro atoms. The van der Waals surface area contributed by atoms with Crippen LogP contribution in [0.4, 0.5) is 0 Å². The zero-order valence-corrected chi connectivity index (χ0v) is 17.7. The second-order valence-corrected chi connectivity index (χ2v) is 7.35. The normalized spacial score (nSPS) is 18.1. The van der Waals surface area contributed by atoms with Crippen LogP contribution in [0.1, 0.15) is 30.5 Å². The van der Waals surface area contributed by atoms with Crippen molar-refractivity contribution >= 4 is 29.1 Å². The summed E-state index contributed by atoms with van der Waals surface area (Å²) in [5, 5.41) is 11.6. The minimum absolute atomic E-state index is 0.0334. The lowest BCUT2D eigenvalue weighted by molar-refractivity contribution is -0.140. The van der Waals surface area contributed by atoms with Gasteiger partial charge in [-0.05, 0) is 36.2 Å². The van der Waals surface area contributed by atoms with Gasteiger partial charge >= 0.3 is 0 Å². The van der Waals surface area contributed by atoms with E-state index >= 15 is 0 Å². The molecule has 0 radical (unpaired) electrons. The van der Waals surface area contributed by atoms with Gasteiger partial charge in [0.1, 0.15) is 11.5 Å². The molecule has 0 bridgehead atoms. The lowest BCUT2D eigenvalue weighted by atomic mass is 9.95. The number of aliphatic hydroxyl groups excluding tert-OH is 1. The number of rotatable bonds is 8. The third-order valence-corrected chi connectivity index (χ3v) is 5.09. The van der Waals surface area contributed by atoms with Gasteiger partial charge in [-0.2, -0.15) is 0 Å². The van der Waals surface area contributed by atoms with E-state index in [2.05, 4.69) is 0 Å². The van der Waals surface area contributed by atoms with Gasteiger partial charge in [0.25, 0.3) is 11.7 Å². The summed E-state index contributed by atoms with van der Waals surface area (Å²) in [5.41, 5.74) is 1.12. The standard InChI is InChI=1S/C23H24ClNO5/c1-3-12-30-18-6-4-5-16(14-18)21(26)19-20(15-7-9-17(24)10-8-15)25(11-13-29-2)23(28)22(19)27/h4-10,14,20,26H,3,11-13H2,1-2H3. The van der Waals surface area contributed by atoms with Crippen molar-refractivity contribution in [3.05, 3.63) is 70.3 Å². The third kappa shape index (κ3) is 4.50. The van der Waals surface area contributed by atoms with Gasteiger partial charge in [-0.3, -0.25) is 9.59 Å². The number of carbonyl (C=O) groups is 2. The Kier molecular flexibility index (Phi) is 7.13. The highest BCUT2D eigenvalue weighted by Crippen LogP contribution is 2.39. The van der Waals surface area contributed by atoms with E-state index in [0.717, 1.165) is 6.42 Å². The number of nitrogens with zero attached hydrogens (tertiary/aromatic N) is 1. The maximum atomic E-state index is 12.9. The van der Waals surface area contributed by atoms with Crippen LogP contribution in [-0.4, -0.2) is 48.6 Å². The van der Waals surface area contributed by atoms with Crippen molar-refractivity contribution in [3.63, 3.8) is 0 Å². The van der Waals surface area contributed by atoms with Crippen molar-refractivity contribution < 1.29 is 24.2 Å². The number of likely N-dealkylation sites (tertiary alicyclic amines) is 1. The molecule has 1 fully saturated rings. The molecule has 0 aliphatic carbocycles. The van der Waals surface area contributed by atoms with Gasteiger partial charge < -0.3 is 19.5 Å². The number of halogens is 1. The molecule has 0 aromatic heterocycles. The van der Waals surface area contributed by atoms with Crippen LogP contribution in [-0.2, 0) is 14.3 Å². The number of ether oxygens (including phenoxy) is 2. The van der Waals surface area contributed by atoms with Crippen LogP contribution in [0.2, 0.25) is 5.02 Å². The SMILES string of the molecule is CCCOc1cccc(C(O)=C2C(=O)C(=O)N(CCOC)C2c2ccc(Cl)cc2)c1. The molecule has 1 unspecified atom stereocenters. The number of methoxy groups -OCH3 is 1. The second kappa shape index (κ2) is 9.78. The van der Waals surface area contributed by atoms with E-state index in [1.54, 1.807) is 48.5 Å². The van der Waals surface area contributed by atoms with Gasteiger partial charge in [0, 0.05) is 24.2 Å². The minimum atomic E-state index is -0.738. The number of benzene rings is 2. The minimum Gasteiger partial charge on any atom is -0.507 e. The van der Waals surface area contributed by atoms with E-state index in [0.29, 0.717) is 28.5 Å². The first-order chi connectivity index (χ1) is 14.5. The van der Waals surface area contributed by atoms with E-state index in [-0.39, 0.29) is 24.5 Å². The van der Waals surface area contributed by atoms with Crippen molar-refractivity contribution in [1.82, 2.24) is 4.90 Å². The van der Waals surface area contributed by atoms with Crippen LogP contribution in [0.25, 0.3) is 5.76 Å². The van der Waals surface area contributed by atoms with E-state index in [9.17, 15) is 14.7 Å². The summed E-state index contributed by atoms with van der Waals surface area (Å²) in [5.74, 6) is -1.07.